The van der Waals surface area contributed by atoms with Gasteiger partial charge in [-0.1, -0.05) is 67.6 Å². The van der Waals surface area contributed by atoms with Gasteiger partial charge in [-0.15, -0.1) is 0 Å². The molecule has 1 aliphatic carbocycles. The number of nitrogens with two attached hydrogens (primary N) is 1. The molecule has 0 bridgehead atoms. The number of benzene rings is 2. The van der Waals surface area contributed by atoms with Gasteiger partial charge in [0, 0.05) is 12.0 Å². The zero-order valence-corrected chi connectivity index (χ0v) is 12.6. The topological polar surface area (TPSA) is 38.0 Å². The first-order valence-corrected chi connectivity index (χ1v) is 7.91. The van der Waals surface area contributed by atoms with E-state index >= 15 is 0 Å². The first-order chi connectivity index (χ1) is 10.3. The molecule has 2 aromatic carbocycles. The van der Waals surface area contributed by atoms with Gasteiger partial charge < -0.3 is 0 Å². The van der Waals surface area contributed by atoms with E-state index in [4.69, 9.17) is 5.84 Å². The van der Waals surface area contributed by atoms with Gasteiger partial charge in [0.1, 0.15) is 0 Å². The van der Waals surface area contributed by atoms with E-state index in [2.05, 4.69) is 73.0 Å². The number of nitrogens with one attached hydrogen (secondary N) is 1. The van der Waals surface area contributed by atoms with Crippen LogP contribution in [-0.2, 0) is 0 Å². The van der Waals surface area contributed by atoms with Crippen molar-refractivity contribution in [2.45, 2.75) is 37.6 Å². The first-order valence-electron chi connectivity index (χ1n) is 7.91. The fraction of sp³-hybridized carbons (Fsp3) is 0.368. The zero-order chi connectivity index (χ0) is 14.7. The molecule has 1 fully saturated rings. The molecular weight excluding hydrogens is 256 g/mol. The van der Waals surface area contributed by atoms with Crippen molar-refractivity contribution in [3.8, 4) is 0 Å². The predicted octanol–water partition coefficient (Wildman–Crippen LogP) is 3.82. The molecule has 3 N–H and O–H groups in total. The fourth-order valence-corrected chi connectivity index (χ4v) is 3.63. The molecule has 4 unspecified atom stereocenters. The van der Waals surface area contributed by atoms with E-state index in [0.717, 1.165) is 6.42 Å². The summed E-state index contributed by atoms with van der Waals surface area (Å²) in [5.74, 6) is 7.70. The van der Waals surface area contributed by atoms with E-state index in [9.17, 15) is 0 Å². The van der Waals surface area contributed by atoms with Crippen molar-refractivity contribution < 1.29 is 0 Å². The van der Waals surface area contributed by atoms with Gasteiger partial charge in [-0.3, -0.25) is 11.3 Å². The van der Waals surface area contributed by atoms with Crippen LogP contribution in [0.25, 0.3) is 0 Å². The monoisotopic (exact) mass is 280 g/mol. The van der Waals surface area contributed by atoms with Crippen molar-refractivity contribution in [2.75, 3.05) is 0 Å². The Labute approximate surface area is 127 Å². The van der Waals surface area contributed by atoms with Gasteiger partial charge in [-0.05, 0) is 35.8 Å². The molecule has 1 saturated carbocycles. The van der Waals surface area contributed by atoms with Crippen molar-refractivity contribution in [1.29, 1.82) is 0 Å². The molecule has 21 heavy (non-hydrogen) atoms. The summed E-state index contributed by atoms with van der Waals surface area (Å²) in [6, 6.07) is 21.9. The quantitative estimate of drug-likeness (QED) is 0.623. The van der Waals surface area contributed by atoms with Crippen LogP contribution in [0.5, 0.6) is 0 Å². The van der Waals surface area contributed by atoms with Crippen LogP contribution >= 0.6 is 0 Å². The highest BCUT2D eigenvalue weighted by atomic mass is 15.2. The zero-order valence-electron chi connectivity index (χ0n) is 12.6. The van der Waals surface area contributed by atoms with Crippen molar-refractivity contribution in [2.24, 2.45) is 11.8 Å². The normalized spacial score (nSPS) is 23.5. The Kier molecular flexibility index (Phi) is 4.37. The van der Waals surface area contributed by atoms with Gasteiger partial charge in [0.25, 0.3) is 0 Å². The summed E-state index contributed by atoms with van der Waals surface area (Å²) in [6.45, 7) is 2.25. The van der Waals surface area contributed by atoms with Gasteiger partial charge in [0.15, 0.2) is 0 Å². The lowest BCUT2D eigenvalue weighted by Gasteiger charge is -2.26. The molecule has 0 spiro atoms. The van der Waals surface area contributed by atoms with Crippen LogP contribution in [0.4, 0.5) is 0 Å². The number of hydrogen-bond donors (Lipinski definition) is 2. The molecule has 0 aromatic heterocycles. The van der Waals surface area contributed by atoms with Crippen LogP contribution in [-0.4, -0.2) is 6.04 Å². The predicted molar refractivity (Wildman–Crippen MR) is 87.9 cm³/mol. The summed E-state index contributed by atoms with van der Waals surface area (Å²) in [7, 11) is 0. The van der Waals surface area contributed by atoms with Gasteiger partial charge in [-0.2, -0.15) is 0 Å². The largest absolute Gasteiger partial charge is 0.271 e. The molecule has 110 valence electrons. The second kappa shape index (κ2) is 6.42. The van der Waals surface area contributed by atoms with Crippen LogP contribution in [0.3, 0.4) is 0 Å². The Morgan fingerprint density at radius 3 is 2.24 bits per heavy atom. The van der Waals surface area contributed by atoms with Crippen molar-refractivity contribution in [3.63, 3.8) is 0 Å². The molecule has 0 saturated heterocycles. The van der Waals surface area contributed by atoms with Crippen molar-refractivity contribution >= 4 is 0 Å². The molecule has 0 aliphatic heterocycles. The Morgan fingerprint density at radius 2 is 1.67 bits per heavy atom. The van der Waals surface area contributed by atoms with Crippen molar-refractivity contribution in [3.05, 3.63) is 71.8 Å². The smallest absolute Gasteiger partial charge is 0.0313 e. The van der Waals surface area contributed by atoms with Crippen LogP contribution < -0.4 is 11.3 Å². The lowest BCUT2D eigenvalue weighted by atomic mass is 9.86. The average molecular weight is 280 g/mol. The lowest BCUT2D eigenvalue weighted by molar-refractivity contribution is 0.384. The summed E-state index contributed by atoms with van der Waals surface area (Å²) < 4.78 is 0. The SMILES string of the molecule is CCC(c1ccccc1)C(NN)C1CC1c1ccccc1. The summed E-state index contributed by atoms with van der Waals surface area (Å²) in [5, 5.41) is 0. The molecule has 4 atom stereocenters. The minimum Gasteiger partial charge on any atom is -0.271 e. The molecule has 0 amide bonds. The fourth-order valence-electron chi connectivity index (χ4n) is 3.63. The number of hydrogen-bond acceptors (Lipinski definition) is 2. The number of hydrazine groups is 1. The maximum absolute atomic E-state index is 5.92. The summed E-state index contributed by atoms with van der Waals surface area (Å²) in [4.78, 5) is 0. The van der Waals surface area contributed by atoms with Gasteiger partial charge in [0.05, 0.1) is 0 Å². The molecule has 1 aliphatic rings. The Hall–Kier alpha value is -1.64. The standard InChI is InChI=1S/C19H24N2/c1-2-16(14-9-5-3-6-10-14)19(21-20)18-13-17(18)15-11-7-4-8-12-15/h3-12,16-19,21H,2,13,20H2,1H3. The molecule has 0 heterocycles. The summed E-state index contributed by atoms with van der Waals surface area (Å²) >= 11 is 0. The van der Waals surface area contributed by atoms with E-state index < -0.39 is 0 Å². The third-order valence-corrected chi connectivity index (χ3v) is 4.82. The highest BCUT2D eigenvalue weighted by molar-refractivity contribution is 5.29. The summed E-state index contributed by atoms with van der Waals surface area (Å²) in [5.41, 5.74) is 5.95. The second-order valence-electron chi connectivity index (χ2n) is 6.03. The van der Waals surface area contributed by atoms with Crippen LogP contribution in [0, 0.1) is 5.92 Å². The van der Waals surface area contributed by atoms with E-state index in [1.54, 1.807) is 0 Å². The average Bonchev–Trinajstić information content (AvgIpc) is 3.34. The van der Waals surface area contributed by atoms with Crippen molar-refractivity contribution in [1.82, 2.24) is 5.43 Å². The molecular formula is C19H24N2. The van der Waals surface area contributed by atoms with Gasteiger partial charge in [-0.25, -0.2) is 0 Å². The Bertz CT molecular complexity index is 552. The molecule has 2 heteroatoms. The minimum absolute atomic E-state index is 0.350. The van der Waals surface area contributed by atoms with Crippen LogP contribution in [0.2, 0.25) is 0 Å². The van der Waals surface area contributed by atoms with E-state index in [-0.39, 0.29) is 0 Å². The van der Waals surface area contributed by atoms with E-state index in [1.165, 1.54) is 17.5 Å². The lowest BCUT2D eigenvalue weighted by Crippen LogP contribution is -2.41. The first kappa shape index (κ1) is 14.3. The minimum atomic E-state index is 0.350. The highest BCUT2D eigenvalue weighted by Gasteiger charge is 2.45. The van der Waals surface area contributed by atoms with E-state index in [0.29, 0.717) is 23.8 Å². The maximum Gasteiger partial charge on any atom is 0.0313 e. The van der Waals surface area contributed by atoms with Crippen LogP contribution in [0.15, 0.2) is 60.7 Å². The Balaban J connectivity index is 1.77. The van der Waals surface area contributed by atoms with E-state index in [1.807, 2.05) is 0 Å². The molecule has 3 rings (SSSR count). The number of rotatable bonds is 6. The molecule has 2 aromatic rings. The molecule has 0 radical (unpaired) electrons. The highest BCUT2D eigenvalue weighted by Crippen LogP contribution is 2.52. The maximum atomic E-state index is 5.92. The molecule has 2 nitrogen and oxygen atoms in total. The third-order valence-electron chi connectivity index (χ3n) is 4.82. The van der Waals surface area contributed by atoms with Crippen LogP contribution in [0.1, 0.15) is 42.7 Å². The van der Waals surface area contributed by atoms with Gasteiger partial charge >= 0.3 is 0 Å². The van der Waals surface area contributed by atoms with Gasteiger partial charge in [0.2, 0.25) is 0 Å². The Morgan fingerprint density at radius 1 is 1.05 bits per heavy atom. The third kappa shape index (κ3) is 3.02. The second-order valence-corrected chi connectivity index (χ2v) is 6.03. The summed E-state index contributed by atoms with van der Waals surface area (Å²) in [6.07, 6.45) is 2.35.